The topological polar surface area (TPSA) is 35.2 Å². The van der Waals surface area contributed by atoms with Crippen LogP contribution in [0.4, 0.5) is 5.69 Å². The maximum absolute atomic E-state index is 5.97. The summed E-state index contributed by atoms with van der Waals surface area (Å²) in [5.41, 5.74) is 6.60. The fraction of sp³-hybridized carbons (Fsp3) is 0.538. The third kappa shape index (κ3) is 2.44. The molecule has 82 valence electrons. The first-order valence-corrected chi connectivity index (χ1v) is 5.78. The van der Waals surface area contributed by atoms with Gasteiger partial charge in [0.15, 0.2) is 0 Å². The number of anilines is 1. The van der Waals surface area contributed by atoms with Crippen LogP contribution < -0.4 is 10.5 Å². The van der Waals surface area contributed by atoms with Gasteiger partial charge in [-0.25, -0.2) is 0 Å². The molecule has 2 atom stereocenters. The van der Waals surface area contributed by atoms with Gasteiger partial charge in [-0.05, 0) is 37.3 Å². The van der Waals surface area contributed by atoms with Crippen molar-refractivity contribution in [2.45, 2.75) is 38.7 Å². The SMILES string of the molecule is CC1CCCCC1Oc1ccccc1N. The number of ether oxygens (including phenoxy) is 1. The van der Waals surface area contributed by atoms with Crippen LogP contribution >= 0.6 is 0 Å². The first-order chi connectivity index (χ1) is 7.27. The molecule has 1 aromatic rings. The number of hydrogen-bond acceptors (Lipinski definition) is 2. The minimum atomic E-state index is 0.350. The van der Waals surface area contributed by atoms with Gasteiger partial charge in [0.25, 0.3) is 0 Å². The zero-order valence-corrected chi connectivity index (χ0v) is 9.28. The van der Waals surface area contributed by atoms with Crippen molar-refractivity contribution in [1.29, 1.82) is 0 Å². The third-order valence-electron chi connectivity index (χ3n) is 3.23. The zero-order chi connectivity index (χ0) is 10.7. The van der Waals surface area contributed by atoms with Crippen molar-refractivity contribution in [2.24, 2.45) is 5.92 Å². The largest absolute Gasteiger partial charge is 0.488 e. The van der Waals surface area contributed by atoms with Crippen molar-refractivity contribution in [3.63, 3.8) is 0 Å². The summed E-state index contributed by atoms with van der Waals surface area (Å²) in [5.74, 6) is 1.50. The van der Waals surface area contributed by atoms with Gasteiger partial charge < -0.3 is 10.5 Å². The van der Waals surface area contributed by atoms with Crippen LogP contribution in [0, 0.1) is 5.92 Å². The van der Waals surface area contributed by atoms with E-state index in [1.165, 1.54) is 19.3 Å². The second-order valence-corrected chi connectivity index (χ2v) is 4.46. The minimum absolute atomic E-state index is 0.350. The van der Waals surface area contributed by atoms with Crippen LogP contribution in [-0.2, 0) is 0 Å². The molecule has 15 heavy (non-hydrogen) atoms. The summed E-state index contributed by atoms with van der Waals surface area (Å²) in [6.07, 6.45) is 5.41. The fourth-order valence-corrected chi connectivity index (χ4v) is 2.21. The number of nitrogens with two attached hydrogens (primary N) is 1. The second kappa shape index (κ2) is 4.56. The van der Waals surface area contributed by atoms with E-state index in [1.807, 2.05) is 24.3 Å². The van der Waals surface area contributed by atoms with Crippen LogP contribution in [0.25, 0.3) is 0 Å². The molecule has 1 aromatic carbocycles. The van der Waals surface area contributed by atoms with Crippen LogP contribution in [0.3, 0.4) is 0 Å². The van der Waals surface area contributed by atoms with Gasteiger partial charge in [-0.2, -0.15) is 0 Å². The standard InChI is InChI=1S/C13H19NO/c1-10-6-2-4-8-12(10)15-13-9-5-3-7-11(13)14/h3,5,7,9-10,12H,2,4,6,8,14H2,1H3. The van der Waals surface area contributed by atoms with Crippen molar-refractivity contribution >= 4 is 5.69 Å². The second-order valence-electron chi connectivity index (χ2n) is 4.46. The van der Waals surface area contributed by atoms with Gasteiger partial charge >= 0.3 is 0 Å². The zero-order valence-electron chi connectivity index (χ0n) is 9.28. The summed E-state index contributed by atoms with van der Waals surface area (Å²) < 4.78 is 5.97. The third-order valence-corrected chi connectivity index (χ3v) is 3.23. The van der Waals surface area contributed by atoms with E-state index in [2.05, 4.69) is 6.92 Å². The van der Waals surface area contributed by atoms with Crippen LogP contribution in [0.5, 0.6) is 5.75 Å². The van der Waals surface area contributed by atoms with Gasteiger partial charge in [0.05, 0.1) is 5.69 Å². The molecule has 2 unspecified atom stereocenters. The molecular weight excluding hydrogens is 186 g/mol. The quantitative estimate of drug-likeness (QED) is 0.752. The highest BCUT2D eigenvalue weighted by atomic mass is 16.5. The molecule has 0 spiro atoms. The average molecular weight is 205 g/mol. The lowest BCUT2D eigenvalue weighted by atomic mass is 9.88. The van der Waals surface area contributed by atoms with Gasteiger partial charge in [0, 0.05) is 0 Å². The molecule has 1 aliphatic carbocycles. The molecule has 2 nitrogen and oxygen atoms in total. The normalized spacial score (nSPS) is 26.2. The van der Waals surface area contributed by atoms with E-state index >= 15 is 0 Å². The number of para-hydroxylation sites is 2. The van der Waals surface area contributed by atoms with Gasteiger partial charge in [-0.1, -0.05) is 25.5 Å². The number of hydrogen-bond donors (Lipinski definition) is 1. The summed E-state index contributed by atoms with van der Waals surface area (Å²) in [6, 6.07) is 7.76. The Labute approximate surface area is 91.4 Å². The molecule has 2 rings (SSSR count). The summed E-state index contributed by atoms with van der Waals surface area (Å²) in [4.78, 5) is 0. The van der Waals surface area contributed by atoms with Crippen LogP contribution in [0.15, 0.2) is 24.3 Å². The molecule has 0 aliphatic heterocycles. The molecule has 0 radical (unpaired) electrons. The molecule has 1 saturated carbocycles. The van der Waals surface area contributed by atoms with Gasteiger partial charge in [0.1, 0.15) is 11.9 Å². The Kier molecular flexibility index (Phi) is 3.14. The maximum Gasteiger partial charge on any atom is 0.142 e. The van der Waals surface area contributed by atoms with Crippen molar-refractivity contribution in [2.75, 3.05) is 5.73 Å². The summed E-state index contributed by atoms with van der Waals surface area (Å²) in [6.45, 7) is 2.27. The highest BCUT2D eigenvalue weighted by Crippen LogP contribution is 2.30. The monoisotopic (exact) mass is 205 g/mol. The van der Waals surface area contributed by atoms with Crippen molar-refractivity contribution in [3.8, 4) is 5.75 Å². The molecular formula is C13H19NO. The van der Waals surface area contributed by atoms with Gasteiger partial charge in [-0.15, -0.1) is 0 Å². The van der Waals surface area contributed by atoms with E-state index in [4.69, 9.17) is 10.5 Å². The lowest BCUT2D eigenvalue weighted by molar-refractivity contribution is 0.103. The number of rotatable bonds is 2. The molecule has 0 aromatic heterocycles. The molecule has 1 fully saturated rings. The van der Waals surface area contributed by atoms with E-state index in [9.17, 15) is 0 Å². The Morgan fingerprint density at radius 2 is 1.93 bits per heavy atom. The molecule has 0 heterocycles. The Morgan fingerprint density at radius 3 is 2.67 bits per heavy atom. The fourth-order valence-electron chi connectivity index (χ4n) is 2.21. The average Bonchev–Trinajstić information content (AvgIpc) is 2.24. The van der Waals surface area contributed by atoms with E-state index < -0.39 is 0 Å². The lowest BCUT2D eigenvalue weighted by Crippen LogP contribution is -2.28. The molecule has 2 heteroatoms. The van der Waals surface area contributed by atoms with E-state index in [0.29, 0.717) is 12.0 Å². The number of benzene rings is 1. The summed E-state index contributed by atoms with van der Waals surface area (Å²) >= 11 is 0. The number of nitrogen functional groups attached to an aromatic ring is 1. The molecule has 1 aliphatic rings. The predicted molar refractivity (Wildman–Crippen MR) is 62.9 cm³/mol. The Hall–Kier alpha value is -1.18. The van der Waals surface area contributed by atoms with E-state index in [-0.39, 0.29) is 0 Å². The molecule has 0 amide bonds. The highest BCUT2D eigenvalue weighted by Gasteiger charge is 2.23. The molecule has 2 N–H and O–H groups in total. The first kappa shape index (κ1) is 10.3. The van der Waals surface area contributed by atoms with Crippen LogP contribution in [0.1, 0.15) is 32.6 Å². The first-order valence-electron chi connectivity index (χ1n) is 5.78. The van der Waals surface area contributed by atoms with Crippen molar-refractivity contribution < 1.29 is 4.74 Å². The van der Waals surface area contributed by atoms with E-state index in [0.717, 1.165) is 17.9 Å². The van der Waals surface area contributed by atoms with Crippen molar-refractivity contribution in [1.82, 2.24) is 0 Å². The van der Waals surface area contributed by atoms with Crippen LogP contribution in [-0.4, -0.2) is 6.10 Å². The molecule has 0 saturated heterocycles. The van der Waals surface area contributed by atoms with Crippen molar-refractivity contribution in [3.05, 3.63) is 24.3 Å². The lowest BCUT2D eigenvalue weighted by Gasteiger charge is -2.29. The predicted octanol–water partition coefficient (Wildman–Crippen LogP) is 3.23. The smallest absolute Gasteiger partial charge is 0.142 e. The Balaban J connectivity index is 2.04. The van der Waals surface area contributed by atoms with E-state index in [1.54, 1.807) is 0 Å². The van der Waals surface area contributed by atoms with Crippen LogP contribution in [0.2, 0.25) is 0 Å². The minimum Gasteiger partial charge on any atom is -0.488 e. The van der Waals surface area contributed by atoms with Gasteiger partial charge in [-0.3, -0.25) is 0 Å². The summed E-state index contributed by atoms with van der Waals surface area (Å²) in [5, 5.41) is 0. The highest BCUT2D eigenvalue weighted by molar-refractivity contribution is 5.51. The maximum atomic E-state index is 5.97. The van der Waals surface area contributed by atoms with Gasteiger partial charge in [0.2, 0.25) is 0 Å². The molecule has 0 bridgehead atoms. The Morgan fingerprint density at radius 1 is 1.20 bits per heavy atom. The summed E-state index contributed by atoms with van der Waals surface area (Å²) in [7, 11) is 0. The Bertz CT molecular complexity index is 324.